The summed E-state index contributed by atoms with van der Waals surface area (Å²) in [6.45, 7) is 3.31. The topological polar surface area (TPSA) is 85.1 Å². The Morgan fingerprint density at radius 3 is 2.61 bits per heavy atom. The van der Waals surface area contributed by atoms with Crippen LogP contribution in [0.25, 0.3) is 5.78 Å². The van der Waals surface area contributed by atoms with Crippen LogP contribution in [0.4, 0.5) is 18.9 Å². The molecule has 0 aliphatic heterocycles. The van der Waals surface area contributed by atoms with Crippen molar-refractivity contribution in [2.45, 2.75) is 37.9 Å². The van der Waals surface area contributed by atoms with Crippen molar-refractivity contribution >= 4 is 29.1 Å². The van der Waals surface area contributed by atoms with Gasteiger partial charge < -0.3 is 5.32 Å². The van der Waals surface area contributed by atoms with Gasteiger partial charge in [0.2, 0.25) is 5.91 Å². The van der Waals surface area contributed by atoms with Gasteiger partial charge in [-0.15, -0.1) is 16.9 Å². The molecule has 0 bridgehead atoms. The number of halogens is 3. The molecule has 1 amide bonds. The Kier molecular flexibility index (Phi) is 5.54. The van der Waals surface area contributed by atoms with Crippen molar-refractivity contribution in [2.24, 2.45) is 0 Å². The maximum absolute atomic E-state index is 12.8. The highest BCUT2D eigenvalue weighted by Crippen LogP contribution is 2.27. The van der Waals surface area contributed by atoms with E-state index in [1.54, 1.807) is 32.2 Å². The van der Waals surface area contributed by atoms with Crippen LogP contribution in [-0.4, -0.2) is 36.7 Å². The average Bonchev–Trinajstić information content (AvgIpc) is 3.07. The van der Waals surface area contributed by atoms with E-state index in [-0.39, 0.29) is 18.1 Å². The summed E-state index contributed by atoms with van der Waals surface area (Å²) in [7, 11) is 0. The number of aromatic nitrogens is 5. The molecule has 0 spiro atoms. The number of hydrogen-bond acceptors (Lipinski definition) is 6. The van der Waals surface area contributed by atoms with Crippen LogP contribution in [0, 0.1) is 13.8 Å². The quantitative estimate of drug-likeness (QED) is 0.649. The molecule has 0 saturated heterocycles. The van der Waals surface area contributed by atoms with Crippen molar-refractivity contribution in [3.8, 4) is 0 Å². The van der Waals surface area contributed by atoms with Gasteiger partial charge in [-0.3, -0.25) is 4.79 Å². The van der Waals surface area contributed by atoms with E-state index in [1.807, 2.05) is 6.26 Å². The largest absolute Gasteiger partial charge is 0.453 e. The van der Waals surface area contributed by atoms with Crippen LogP contribution in [-0.2, 0) is 17.4 Å². The Morgan fingerprint density at radius 2 is 2.00 bits per heavy atom. The lowest BCUT2D eigenvalue weighted by atomic mass is 10.1. The van der Waals surface area contributed by atoms with Crippen LogP contribution in [0.15, 0.2) is 23.4 Å². The first-order valence-electron chi connectivity index (χ1n) is 8.29. The predicted octanol–water partition coefficient (Wildman–Crippen LogP) is 3.45. The third kappa shape index (κ3) is 4.24. The normalized spacial score (nSPS) is 11.8. The SMILES string of the molecule is CSc1ccc(NC(=O)CCc2c(C)nc3nc(C(F)(F)F)nn3c2C)cn1. The molecule has 0 unspecified atom stereocenters. The highest BCUT2D eigenvalue weighted by Gasteiger charge is 2.36. The number of fused-ring (bicyclic) bond motifs is 1. The molecule has 7 nitrogen and oxygen atoms in total. The lowest BCUT2D eigenvalue weighted by Gasteiger charge is -2.10. The van der Waals surface area contributed by atoms with Crippen LogP contribution in [0.3, 0.4) is 0 Å². The van der Waals surface area contributed by atoms with Gasteiger partial charge in [-0.05, 0) is 44.2 Å². The molecule has 0 saturated carbocycles. The van der Waals surface area contributed by atoms with Gasteiger partial charge in [0, 0.05) is 17.8 Å². The fourth-order valence-corrected chi connectivity index (χ4v) is 3.09. The van der Waals surface area contributed by atoms with E-state index in [4.69, 9.17) is 0 Å². The fraction of sp³-hybridized carbons (Fsp3) is 0.353. The molecule has 0 aliphatic carbocycles. The number of aryl methyl sites for hydroxylation is 2. The van der Waals surface area contributed by atoms with E-state index in [0.717, 1.165) is 9.54 Å². The number of pyridine rings is 1. The second kappa shape index (κ2) is 7.74. The number of alkyl halides is 3. The number of hydrogen-bond donors (Lipinski definition) is 1. The van der Waals surface area contributed by atoms with E-state index < -0.39 is 12.0 Å². The minimum Gasteiger partial charge on any atom is -0.325 e. The highest BCUT2D eigenvalue weighted by atomic mass is 32.2. The first kappa shape index (κ1) is 20.1. The Hall–Kier alpha value is -2.69. The Labute approximate surface area is 162 Å². The van der Waals surface area contributed by atoms with Crippen molar-refractivity contribution < 1.29 is 18.0 Å². The Morgan fingerprint density at radius 1 is 1.25 bits per heavy atom. The van der Waals surface area contributed by atoms with Gasteiger partial charge >= 0.3 is 6.18 Å². The van der Waals surface area contributed by atoms with Crippen LogP contribution in [0.1, 0.15) is 29.2 Å². The van der Waals surface area contributed by atoms with Gasteiger partial charge in [-0.1, -0.05) is 0 Å². The number of amides is 1. The average molecular weight is 410 g/mol. The van der Waals surface area contributed by atoms with Crippen molar-refractivity contribution in [3.05, 3.63) is 41.1 Å². The third-order valence-corrected chi connectivity index (χ3v) is 4.79. The molecule has 3 heterocycles. The molecule has 0 fully saturated rings. The minimum absolute atomic E-state index is 0.115. The maximum atomic E-state index is 12.8. The van der Waals surface area contributed by atoms with Gasteiger partial charge in [0.05, 0.1) is 16.9 Å². The lowest BCUT2D eigenvalue weighted by Crippen LogP contribution is -2.14. The molecule has 0 aliphatic rings. The molecule has 3 aromatic rings. The summed E-state index contributed by atoms with van der Waals surface area (Å²) in [4.78, 5) is 23.9. The van der Waals surface area contributed by atoms with Crippen molar-refractivity contribution in [1.82, 2.24) is 24.6 Å². The molecule has 0 atom stereocenters. The summed E-state index contributed by atoms with van der Waals surface area (Å²) in [5.41, 5.74) is 2.24. The van der Waals surface area contributed by atoms with Crippen LogP contribution in [0.5, 0.6) is 0 Å². The van der Waals surface area contributed by atoms with Crippen LogP contribution >= 0.6 is 11.8 Å². The monoisotopic (exact) mass is 410 g/mol. The molecular weight excluding hydrogens is 393 g/mol. The number of nitrogens with zero attached hydrogens (tertiary/aromatic N) is 5. The number of rotatable bonds is 5. The maximum Gasteiger partial charge on any atom is 0.453 e. The van der Waals surface area contributed by atoms with Gasteiger partial charge in [0.25, 0.3) is 11.6 Å². The summed E-state index contributed by atoms with van der Waals surface area (Å²) < 4.78 is 39.6. The smallest absolute Gasteiger partial charge is 0.325 e. The lowest BCUT2D eigenvalue weighted by molar-refractivity contribution is -0.144. The number of anilines is 1. The molecule has 148 valence electrons. The summed E-state index contributed by atoms with van der Waals surface area (Å²) in [6, 6.07) is 3.56. The third-order valence-electron chi connectivity index (χ3n) is 4.13. The number of nitrogens with one attached hydrogen (secondary N) is 1. The first-order valence-corrected chi connectivity index (χ1v) is 9.51. The molecule has 0 radical (unpaired) electrons. The van der Waals surface area contributed by atoms with Crippen molar-refractivity contribution in [1.29, 1.82) is 0 Å². The number of carbonyl (C=O) groups excluding carboxylic acids is 1. The summed E-state index contributed by atoms with van der Waals surface area (Å²) >= 11 is 1.50. The Bertz CT molecular complexity index is 1020. The molecular formula is C17H17F3N6OS. The first-order chi connectivity index (χ1) is 13.2. The molecule has 3 aromatic heterocycles. The predicted molar refractivity (Wildman–Crippen MR) is 98.2 cm³/mol. The number of thioether (sulfide) groups is 1. The second-order valence-corrected chi connectivity index (χ2v) is 6.87. The minimum atomic E-state index is -4.64. The molecule has 3 rings (SSSR count). The van der Waals surface area contributed by atoms with Gasteiger partial charge in [0.15, 0.2) is 0 Å². The molecule has 0 aromatic carbocycles. The van der Waals surface area contributed by atoms with E-state index in [9.17, 15) is 18.0 Å². The summed E-state index contributed by atoms with van der Waals surface area (Å²) in [5.74, 6) is -1.58. The van der Waals surface area contributed by atoms with E-state index in [1.165, 1.54) is 11.8 Å². The zero-order valence-electron chi connectivity index (χ0n) is 15.3. The zero-order valence-corrected chi connectivity index (χ0v) is 16.1. The fourth-order valence-electron chi connectivity index (χ4n) is 2.73. The molecule has 1 N–H and O–H groups in total. The zero-order chi connectivity index (χ0) is 20.5. The van der Waals surface area contributed by atoms with Crippen LogP contribution < -0.4 is 5.32 Å². The molecule has 28 heavy (non-hydrogen) atoms. The second-order valence-electron chi connectivity index (χ2n) is 6.04. The standard InChI is InChI=1S/C17H17F3N6OS/c1-9-12(5-6-13(27)23-11-4-7-14(28-3)21-8-11)10(2)26-16(22-9)24-15(25-26)17(18,19)20/h4,7-8H,5-6H2,1-3H3,(H,23,27). The van der Waals surface area contributed by atoms with E-state index >= 15 is 0 Å². The van der Waals surface area contributed by atoms with Gasteiger partial charge in [0.1, 0.15) is 0 Å². The van der Waals surface area contributed by atoms with Gasteiger partial charge in [-0.2, -0.15) is 18.2 Å². The number of carbonyl (C=O) groups is 1. The van der Waals surface area contributed by atoms with E-state index in [2.05, 4.69) is 25.4 Å². The summed E-state index contributed by atoms with van der Waals surface area (Å²) in [5, 5.41) is 7.09. The van der Waals surface area contributed by atoms with E-state index in [0.29, 0.717) is 29.1 Å². The molecule has 11 heteroatoms. The van der Waals surface area contributed by atoms with Crippen molar-refractivity contribution in [2.75, 3.05) is 11.6 Å². The highest BCUT2D eigenvalue weighted by molar-refractivity contribution is 7.98. The van der Waals surface area contributed by atoms with Crippen molar-refractivity contribution in [3.63, 3.8) is 0 Å². The summed E-state index contributed by atoms with van der Waals surface area (Å²) in [6.07, 6.45) is -0.720. The Balaban J connectivity index is 1.75. The van der Waals surface area contributed by atoms with Gasteiger partial charge in [-0.25, -0.2) is 14.5 Å². The van der Waals surface area contributed by atoms with Crippen LogP contribution in [0.2, 0.25) is 0 Å².